The number of rotatable bonds is 3. The molecule has 1 aromatic carbocycles. The van der Waals surface area contributed by atoms with E-state index >= 15 is 0 Å². The molecule has 1 aliphatic rings. The van der Waals surface area contributed by atoms with Crippen molar-refractivity contribution in [1.82, 2.24) is 9.88 Å². The molecule has 1 fully saturated rings. The van der Waals surface area contributed by atoms with Gasteiger partial charge in [-0.1, -0.05) is 0 Å². The zero-order valence-corrected chi connectivity index (χ0v) is 10.8. The number of hydrogen-bond donors (Lipinski definition) is 2. The molecule has 1 saturated heterocycles. The third-order valence-corrected chi connectivity index (χ3v) is 3.83. The number of β-amino-alcohol motifs (C(OH)–C–C–N with tert-alkyl or cyclic N) is 1. The van der Waals surface area contributed by atoms with Crippen LogP contribution < -0.4 is 0 Å². The van der Waals surface area contributed by atoms with Crippen molar-refractivity contribution in [1.29, 1.82) is 0 Å². The maximum Gasteiger partial charge on any atom is 0.168 e. The largest absolute Gasteiger partial charge is 0.392 e. The molecule has 1 unspecified atom stereocenters. The first-order chi connectivity index (χ1) is 9.56. The monoisotopic (exact) mass is 284 g/mol. The van der Waals surface area contributed by atoms with Crippen molar-refractivity contribution >= 4 is 10.9 Å². The Bertz CT molecular complexity index is 641. The number of likely N-dealkylation sites (tertiary alicyclic amines) is 1. The summed E-state index contributed by atoms with van der Waals surface area (Å²) in [5.74, 6) is -2.98. The van der Waals surface area contributed by atoms with Gasteiger partial charge in [-0.25, -0.2) is 13.2 Å². The summed E-state index contributed by atoms with van der Waals surface area (Å²) in [6, 6.07) is 0.550. The van der Waals surface area contributed by atoms with Gasteiger partial charge in [-0.15, -0.1) is 0 Å². The quantitative estimate of drug-likeness (QED) is 0.848. The maximum atomic E-state index is 13.8. The van der Waals surface area contributed by atoms with Crippen LogP contribution in [0.5, 0.6) is 0 Å². The molecule has 1 aliphatic heterocycles. The summed E-state index contributed by atoms with van der Waals surface area (Å²) in [6.07, 6.45) is 2.41. The second-order valence-electron chi connectivity index (χ2n) is 5.21. The van der Waals surface area contributed by atoms with Crippen molar-refractivity contribution in [2.75, 3.05) is 19.6 Å². The summed E-state index contributed by atoms with van der Waals surface area (Å²) < 4.78 is 40.7. The Labute approximate surface area is 114 Å². The third kappa shape index (κ3) is 2.29. The highest BCUT2D eigenvalue weighted by Gasteiger charge is 2.21. The van der Waals surface area contributed by atoms with Gasteiger partial charge in [0.15, 0.2) is 11.6 Å². The van der Waals surface area contributed by atoms with Gasteiger partial charge in [-0.05, 0) is 18.4 Å². The van der Waals surface area contributed by atoms with Crippen LogP contribution in [-0.2, 0) is 6.42 Å². The number of H-pyrrole nitrogens is 1. The molecule has 0 radical (unpaired) electrons. The molecule has 1 atom stereocenters. The Morgan fingerprint density at radius 2 is 2.10 bits per heavy atom. The molecular weight excluding hydrogens is 269 g/mol. The number of nitrogens with one attached hydrogen (secondary N) is 1. The standard InChI is InChI=1S/C14H15F3N2O/c15-10-5-11(16)14-12(13(10)17)8(6-18-14)1-3-19-4-2-9(20)7-19/h5-6,9,18,20H,1-4,7H2. The second-order valence-corrected chi connectivity index (χ2v) is 5.21. The lowest BCUT2D eigenvalue weighted by Crippen LogP contribution is -2.24. The molecule has 0 amide bonds. The number of aromatic nitrogens is 1. The van der Waals surface area contributed by atoms with Crippen LogP contribution in [0.2, 0.25) is 0 Å². The summed E-state index contributed by atoms with van der Waals surface area (Å²) in [4.78, 5) is 4.71. The zero-order chi connectivity index (χ0) is 14.3. The van der Waals surface area contributed by atoms with Crippen LogP contribution in [0.1, 0.15) is 12.0 Å². The van der Waals surface area contributed by atoms with E-state index in [4.69, 9.17) is 0 Å². The predicted octanol–water partition coefficient (Wildman–Crippen LogP) is 2.19. The van der Waals surface area contributed by atoms with Crippen molar-refractivity contribution in [3.8, 4) is 0 Å². The SMILES string of the molecule is OC1CCN(CCc2c[nH]c3c(F)cc(F)c(F)c23)C1. The summed E-state index contributed by atoms with van der Waals surface area (Å²) in [7, 11) is 0. The van der Waals surface area contributed by atoms with Crippen LogP contribution in [0.4, 0.5) is 13.2 Å². The number of fused-ring (bicyclic) bond motifs is 1. The van der Waals surface area contributed by atoms with Gasteiger partial charge in [0, 0.05) is 37.3 Å². The average molecular weight is 284 g/mol. The van der Waals surface area contributed by atoms with Crippen molar-refractivity contribution in [2.24, 2.45) is 0 Å². The number of aromatic amines is 1. The summed E-state index contributed by atoms with van der Waals surface area (Å²) >= 11 is 0. The number of nitrogens with zero attached hydrogens (tertiary/aromatic N) is 1. The minimum atomic E-state index is -1.17. The van der Waals surface area contributed by atoms with E-state index in [0.29, 0.717) is 31.1 Å². The van der Waals surface area contributed by atoms with E-state index in [0.717, 1.165) is 13.0 Å². The van der Waals surface area contributed by atoms with Gasteiger partial charge in [0.1, 0.15) is 5.82 Å². The smallest absolute Gasteiger partial charge is 0.168 e. The molecule has 0 saturated carbocycles. The van der Waals surface area contributed by atoms with Crippen molar-refractivity contribution < 1.29 is 18.3 Å². The van der Waals surface area contributed by atoms with Gasteiger partial charge < -0.3 is 15.0 Å². The Hall–Kier alpha value is -1.53. The van der Waals surface area contributed by atoms with Gasteiger partial charge in [0.2, 0.25) is 0 Å². The molecule has 0 spiro atoms. The van der Waals surface area contributed by atoms with Crippen molar-refractivity contribution in [3.05, 3.63) is 35.3 Å². The molecule has 0 bridgehead atoms. The number of benzene rings is 1. The van der Waals surface area contributed by atoms with E-state index in [-0.39, 0.29) is 17.0 Å². The van der Waals surface area contributed by atoms with Crippen LogP contribution in [0.25, 0.3) is 10.9 Å². The lowest BCUT2D eigenvalue weighted by Gasteiger charge is -2.14. The third-order valence-electron chi connectivity index (χ3n) is 3.83. The maximum absolute atomic E-state index is 13.8. The number of halogens is 3. The van der Waals surface area contributed by atoms with Gasteiger partial charge in [-0.2, -0.15) is 0 Å². The molecule has 0 aliphatic carbocycles. The Kier molecular flexibility index (Phi) is 3.43. The molecule has 108 valence electrons. The fourth-order valence-corrected chi connectivity index (χ4v) is 2.76. The zero-order valence-electron chi connectivity index (χ0n) is 10.8. The van der Waals surface area contributed by atoms with Gasteiger partial charge in [0.05, 0.1) is 11.6 Å². The topological polar surface area (TPSA) is 39.3 Å². The minimum absolute atomic E-state index is 0.000330. The molecule has 2 aromatic rings. The normalized spacial score (nSPS) is 20.1. The number of aliphatic hydroxyl groups is 1. The summed E-state index contributed by atoms with van der Waals surface area (Å²) in [5.41, 5.74) is 0.553. The van der Waals surface area contributed by atoms with Crippen LogP contribution in [0.15, 0.2) is 12.3 Å². The van der Waals surface area contributed by atoms with Crippen molar-refractivity contribution in [2.45, 2.75) is 18.9 Å². The van der Waals surface area contributed by atoms with E-state index in [9.17, 15) is 18.3 Å². The van der Waals surface area contributed by atoms with Gasteiger partial charge in [-0.3, -0.25) is 0 Å². The lowest BCUT2D eigenvalue weighted by molar-refractivity contribution is 0.177. The van der Waals surface area contributed by atoms with E-state index in [1.165, 1.54) is 6.20 Å². The average Bonchev–Trinajstić information content (AvgIpc) is 3.00. The first-order valence-electron chi connectivity index (χ1n) is 6.60. The molecule has 20 heavy (non-hydrogen) atoms. The Morgan fingerprint density at radius 1 is 1.30 bits per heavy atom. The van der Waals surface area contributed by atoms with Crippen LogP contribution in [-0.4, -0.2) is 40.7 Å². The molecular formula is C14H15F3N2O. The van der Waals surface area contributed by atoms with E-state index in [1.54, 1.807) is 0 Å². The summed E-state index contributed by atoms with van der Waals surface area (Å²) in [5, 5.41) is 9.43. The molecule has 3 nitrogen and oxygen atoms in total. The highest BCUT2D eigenvalue weighted by molar-refractivity contribution is 5.84. The predicted molar refractivity (Wildman–Crippen MR) is 68.9 cm³/mol. The first-order valence-corrected chi connectivity index (χ1v) is 6.60. The fourth-order valence-electron chi connectivity index (χ4n) is 2.76. The molecule has 1 aromatic heterocycles. The number of hydrogen-bond acceptors (Lipinski definition) is 2. The molecule has 2 N–H and O–H groups in total. The minimum Gasteiger partial charge on any atom is -0.392 e. The fraction of sp³-hybridized carbons (Fsp3) is 0.429. The van der Waals surface area contributed by atoms with Crippen LogP contribution >= 0.6 is 0 Å². The summed E-state index contributed by atoms with van der Waals surface area (Å²) in [6.45, 7) is 2.00. The second kappa shape index (κ2) is 5.10. The Morgan fingerprint density at radius 3 is 2.80 bits per heavy atom. The van der Waals surface area contributed by atoms with Crippen LogP contribution in [0.3, 0.4) is 0 Å². The molecule has 2 heterocycles. The van der Waals surface area contributed by atoms with E-state index in [1.807, 2.05) is 0 Å². The molecule has 6 heteroatoms. The Balaban J connectivity index is 1.85. The van der Waals surface area contributed by atoms with Gasteiger partial charge >= 0.3 is 0 Å². The van der Waals surface area contributed by atoms with Gasteiger partial charge in [0.25, 0.3) is 0 Å². The lowest BCUT2D eigenvalue weighted by atomic mass is 10.1. The highest BCUT2D eigenvalue weighted by atomic mass is 19.2. The van der Waals surface area contributed by atoms with Crippen LogP contribution in [0, 0.1) is 17.5 Å². The number of aliphatic hydroxyl groups excluding tert-OH is 1. The van der Waals surface area contributed by atoms with E-state index < -0.39 is 17.5 Å². The van der Waals surface area contributed by atoms with Crippen molar-refractivity contribution in [3.63, 3.8) is 0 Å². The van der Waals surface area contributed by atoms with E-state index in [2.05, 4.69) is 9.88 Å². The highest BCUT2D eigenvalue weighted by Crippen LogP contribution is 2.27. The first kappa shape index (κ1) is 13.5. The molecule has 3 rings (SSSR count).